The summed E-state index contributed by atoms with van der Waals surface area (Å²) in [5.41, 5.74) is 10.3. The highest BCUT2D eigenvalue weighted by molar-refractivity contribution is 6.12. The fraction of sp³-hybridized carbons (Fsp3) is 0.200. The summed E-state index contributed by atoms with van der Waals surface area (Å²) >= 11 is 0. The molecule has 160 valence electrons. The van der Waals surface area contributed by atoms with E-state index in [1.165, 1.54) is 31.5 Å². The fourth-order valence-corrected chi connectivity index (χ4v) is 2.57. The molecule has 10 heteroatoms. The summed E-state index contributed by atoms with van der Waals surface area (Å²) in [4.78, 5) is 16.5. The van der Waals surface area contributed by atoms with Crippen LogP contribution in [0.3, 0.4) is 0 Å². The molecule has 6 nitrogen and oxygen atoms in total. The van der Waals surface area contributed by atoms with Crippen LogP contribution in [0.1, 0.15) is 21.5 Å². The number of nitrogens with zero attached hydrogens (tertiary/aromatic N) is 1. The molecule has 0 aromatic heterocycles. The highest BCUT2D eigenvalue weighted by Gasteiger charge is 2.32. The van der Waals surface area contributed by atoms with Gasteiger partial charge < -0.3 is 21.5 Å². The number of alkyl halides is 3. The summed E-state index contributed by atoms with van der Waals surface area (Å²) in [5.74, 6) is -1.66. The number of allylic oxidation sites excluding steroid dienone is 1. The van der Waals surface area contributed by atoms with Crippen molar-refractivity contribution in [2.75, 3.05) is 25.5 Å². The minimum Gasteiger partial charge on any atom is -0.492 e. The SMILES string of the molecule is CN=C(C=CN)c1cc(NC(=O)c2cc(F)cc(C(F)(F)F)c2)ccc1OCCN. The number of benzene rings is 2. The minimum absolute atomic E-state index is 0.228. The zero-order valence-electron chi connectivity index (χ0n) is 16.0. The Morgan fingerprint density at radius 3 is 2.57 bits per heavy atom. The zero-order chi connectivity index (χ0) is 22.3. The van der Waals surface area contributed by atoms with Crippen LogP contribution in [0, 0.1) is 5.82 Å². The number of nitrogens with two attached hydrogens (primary N) is 2. The molecule has 5 N–H and O–H groups in total. The van der Waals surface area contributed by atoms with Crippen molar-refractivity contribution in [1.82, 2.24) is 0 Å². The quantitative estimate of drug-likeness (QED) is 0.469. The van der Waals surface area contributed by atoms with E-state index < -0.39 is 29.0 Å². The molecule has 0 unspecified atom stereocenters. The standard InChI is InChI=1S/C20H20F4N4O2/c1-27-17(4-5-25)16-11-15(2-3-18(16)30-7-6-26)28-19(29)12-8-13(20(22,23)24)10-14(21)9-12/h2-5,8-11H,6-7,25-26H2,1H3,(H,28,29). The van der Waals surface area contributed by atoms with Crippen molar-refractivity contribution < 1.29 is 27.1 Å². The predicted molar refractivity (Wildman–Crippen MR) is 106 cm³/mol. The molecule has 0 radical (unpaired) electrons. The molecular formula is C20H20F4N4O2. The lowest BCUT2D eigenvalue weighted by atomic mass is 10.1. The van der Waals surface area contributed by atoms with Gasteiger partial charge in [0.15, 0.2) is 0 Å². The minimum atomic E-state index is -4.78. The fourth-order valence-electron chi connectivity index (χ4n) is 2.57. The maximum atomic E-state index is 13.6. The van der Waals surface area contributed by atoms with E-state index in [0.29, 0.717) is 29.2 Å². The summed E-state index contributed by atoms with van der Waals surface area (Å²) in [6, 6.07) is 6.16. The summed E-state index contributed by atoms with van der Waals surface area (Å²) in [6.45, 7) is 0.496. The number of halogens is 4. The second kappa shape index (κ2) is 9.88. The second-order valence-corrected chi connectivity index (χ2v) is 6.00. The monoisotopic (exact) mass is 424 g/mol. The van der Waals surface area contributed by atoms with Crippen molar-refractivity contribution in [2.45, 2.75) is 6.18 Å². The molecule has 0 aliphatic carbocycles. The highest BCUT2D eigenvalue weighted by atomic mass is 19.4. The van der Waals surface area contributed by atoms with Gasteiger partial charge in [-0.05, 0) is 48.7 Å². The highest BCUT2D eigenvalue weighted by Crippen LogP contribution is 2.31. The van der Waals surface area contributed by atoms with E-state index >= 15 is 0 Å². The molecule has 0 saturated carbocycles. The molecule has 0 heterocycles. The van der Waals surface area contributed by atoms with Gasteiger partial charge in [0.05, 0.1) is 11.3 Å². The van der Waals surface area contributed by atoms with Crippen LogP contribution >= 0.6 is 0 Å². The number of amides is 1. The molecule has 0 bridgehead atoms. The van der Waals surface area contributed by atoms with Gasteiger partial charge in [0.1, 0.15) is 18.2 Å². The van der Waals surface area contributed by atoms with Crippen LogP contribution in [0.5, 0.6) is 5.75 Å². The zero-order valence-corrected chi connectivity index (χ0v) is 16.0. The molecular weight excluding hydrogens is 404 g/mol. The maximum absolute atomic E-state index is 13.6. The molecule has 1 amide bonds. The Balaban J connectivity index is 2.39. The van der Waals surface area contributed by atoms with E-state index in [4.69, 9.17) is 16.2 Å². The third-order valence-corrected chi connectivity index (χ3v) is 3.87. The van der Waals surface area contributed by atoms with Crippen molar-refractivity contribution >= 4 is 17.3 Å². The van der Waals surface area contributed by atoms with Gasteiger partial charge in [-0.2, -0.15) is 13.2 Å². The van der Waals surface area contributed by atoms with Gasteiger partial charge in [0.25, 0.3) is 5.91 Å². The van der Waals surface area contributed by atoms with Crippen LogP contribution in [0.4, 0.5) is 23.2 Å². The Morgan fingerprint density at radius 1 is 1.23 bits per heavy atom. The lowest BCUT2D eigenvalue weighted by Gasteiger charge is -2.14. The topological polar surface area (TPSA) is 103 Å². The van der Waals surface area contributed by atoms with Gasteiger partial charge >= 0.3 is 6.18 Å². The van der Waals surface area contributed by atoms with Crippen LogP contribution in [0.15, 0.2) is 53.7 Å². The first-order valence-corrected chi connectivity index (χ1v) is 8.71. The molecule has 0 atom stereocenters. The number of rotatable bonds is 7. The molecule has 0 aliphatic rings. The number of hydrogen-bond acceptors (Lipinski definition) is 5. The molecule has 2 aromatic rings. The number of carbonyl (C=O) groups is 1. The van der Waals surface area contributed by atoms with E-state index in [2.05, 4.69) is 10.3 Å². The van der Waals surface area contributed by atoms with Gasteiger partial charge in [-0.25, -0.2) is 4.39 Å². The Morgan fingerprint density at radius 2 is 1.97 bits per heavy atom. The molecule has 0 fully saturated rings. The van der Waals surface area contributed by atoms with Crippen LogP contribution in [-0.4, -0.2) is 31.8 Å². The van der Waals surface area contributed by atoms with Crippen molar-refractivity contribution in [3.63, 3.8) is 0 Å². The molecule has 0 spiro atoms. The molecule has 0 aliphatic heterocycles. The maximum Gasteiger partial charge on any atom is 0.416 e. The average Bonchev–Trinajstić information content (AvgIpc) is 2.70. The lowest BCUT2D eigenvalue weighted by Crippen LogP contribution is -2.16. The first-order chi connectivity index (χ1) is 14.2. The molecule has 2 rings (SSSR count). The Bertz CT molecular complexity index is 972. The summed E-state index contributed by atoms with van der Waals surface area (Å²) in [6.07, 6.45) is -2.00. The molecule has 2 aromatic carbocycles. The average molecular weight is 424 g/mol. The van der Waals surface area contributed by atoms with Gasteiger partial charge in [-0.15, -0.1) is 0 Å². The lowest BCUT2D eigenvalue weighted by molar-refractivity contribution is -0.137. The number of nitrogens with one attached hydrogen (secondary N) is 1. The Hall–Kier alpha value is -3.40. The van der Waals surface area contributed by atoms with E-state index in [9.17, 15) is 22.4 Å². The summed E-state index contributed by atoms with van der Waals surface area (Å²) < 4.78 is 57.8. The van der Waals surface area contributed by atoms with Crippen molar-refractivity contribution in [2.24, 2.45) is 16.5 Å². The first kappa shape index (κ1) is 22.9. The second-order valence-electron chi connectivity index (χ2n) is 6.00. The van der Waals surface area contributed by atoms with Crippen molar-refractivity contribution in [3.05, 3.63) is 71.2 Å². The van der Waals surface area contributed by atoms with Gasteiger partial charge in [-0.3, -0.25) is 9.79 Å². The van der Waals surface area contributed by atoms with Crippen LogP contribution < -0.4 is 21.5 Å². The van der Waals surface area contributed by atoms with E-state index in [-0.39, 0.29) is 18.8 Å². The smallest absolute Gasteiger partial charge is 0.416 e. The van der Waals surface area contributed by atoms with Crippen molar-refractivity contribution in [3.8, 4) is 5.75 Å². The molecule has 30 heavy (non-hydrogen) atoms. The van der Waals surface area contributed by atoms with E-state index in [0.717, 1.165) is 6.07 Å². The van der Waals surface area contributed by atoms with Crippen LogP contribution in [-0.2, 0) is 6.18 Å². The first-order valence-electron chi connectivity index (χ1n) is 8.71. The van der Waals surface area contributed by atoms with Gasteiger partial charge in [-0.1, -0.05) is 0 Å². The number of anilines is 1. The van der Waals surface area contributed by atoms with E-state index in [1.807, 2.05) is 0 Å². The largest absolute Gasteiger partial charge is 0.492 e. The van der Waals surface area contributed by atoms with Gasteiger partial charge in [0.2, 0.25) is 0 Å². The third kappa shape index (κ3) is 5.80. The third-order valence-electron chi connectivity index (χ3n) is 3.87. The number of hydrogen-bond donors (Lipinski definition) is 3. The van der Waals surface area contributed by atoms with Crippen LogP contribution in [0.2, 0.25) is 0 Å². The van der Waals surface area contributed by atoms with E-state index in [1.54, 1.807) is 6.07 Å². The number of aliphatic imine (C=N–C) groups is 1. The van der Waals surface area contributed by atoms with Gasteiger partial charge in [0, 0.05) is 30.4 Å². The number of ether oxygens (including phenoxy) is 1. The Labute approximate surface area is 170 Å². The van der Waals surface area contributed by atoms with Crippen LogP contribution in [0.25, 0.3) is 0 Å². The summed E-state index contributed by atoms with van der Waals surface area (Å²) in [5, 5.41) is 2.45. The normalized spacial score (nSPS) is 12.3. The molecule has 0 saturated heterocycles. The Kier molecular flexibility index (Phi) is 7.54. The van der Waals surface area contributed by atoms with Crippen molar-refractivity contribution in [1.29, 1.82) is 0 Å². The predicted octanol–water partition coefficient (Wildman–Crippen LogP) is 3.33. The summed E-state index contributed by atoms with van der Waals surface area (Å²) in [7, 11) is 1.53. The number of carbonyl (C=O) groups excluding carboxylic acids is 1.